The summed E-state index contributed by atoms with van der Waals surface area (Å²) in [6.07, 6.45) is -3.12. The molecule has 3 aromatic rings. The molecule has 2 amide bonds. The second kappa shape index (κ2) is 10.1. The minimum absolute atomic E-state index is 0.0219. The fourth-order valence-electron chi connectivity index (χ4n) is 4.81. The van der Waals surface area contributed by atoms with Gasteiger partial charge in [-0.2, -0.15) is 13.2 Å². The minimum atomic E-state index is -4.69. The average molecular weight is 562 g/mol. The Kier molecular flexibility index (Phi) is 6.90. The number of oxazole rings is 1. The molecule has 0 radical (unpaired) electrons. The minimum Gasteiger partial charge on any atom is -0.494 e. The number of alkyl halides is 3. The van der Waals surface area contributed by atoms with Crippen molar-refractivity contribution in [1.29, 1.82) is 0 Å². The van der Waals surface area contributed by atoms with Gasteiger partial charge in [0.1, 0.15) is 23.0 Å². The molecule has 2 aliphatic rings. The van der Waals surface area contributed by atoms with E-state index in [0.717, 1.165) is 23.8 Å². The normalized spacial score (nSPS) is 20.0. The second-order valence-electron chi connectivity index (χ2n) is 9.95. The Morgan fingerprint density at radius 3 is 2.52 bits per heavy atom. The maximum absolute atomic E-state index is 13.6. The molecule has 212 valence electrons. The molecule has 40 heavy (non-hydrogen) atoms. The highest BCUT2D eigenvalue weighted by Gasteiger charge is 2.43. The SMILES string of the molecule is COc1ccc(-c2nc(C(=O)N3CC(NC(=O)C4CC4)CC3C(=O)O)c(C(C)N)o2)c2ccc(C(F)(F)F)nc12. The largest absolute Gasteiger partial charge is 0.494 e. The predicted octanol–water partition coefficient (Wildman–Crippen LogP) is 3.13. The number of ether oxygens (including phenoxy) is 1. The van der Waals surface area contributed by atoms with Crippen LogP contribution in [0.2, 0.25) is 0 Å². The van der Waals surface area contributed by atoms with E-state index < -0.39 is 41.9 Å². The topological polar surface area (TPSA) is 161 Å². The van der Waals surface area contributed by atoms with E-state index in [1.165, 1.54) is 25.3 Å². The number of carbonyl (C=O) groups is 3. The van der Waals surface area contributed by atoms with Gasteiger partial charge in [0.15, 0.2) is 11.5 Å². The van der Waals surface area contributed by atoms with Crippen LogP contribution in [0.3, 0.4) is 0 Å². The number of rotatable bonds is 7. The molecule has 3 unspecified atom stereocenters. The summed E-state index contributed by atoms with van der Waals surface area (Å²) in [6.45, 7) is 1.49. The van der Waals surface area contributed by atoms with Crippen molar-refractivity contribution >= 4 is 28.7 Å². The van der Waals surface area contributed by atoms with Gasteiger partial charge >= 0.3 is 12.1 Å². The molecule has 1 saturated heterocycles. The first kappa shape index (κ1) is 27.4. The number of carboxylic acids is 1. The van der Waals surface area contributed by atoms with Crippen LogP contribution in [-0.2, 0) is 15.8 Å². The lowest BCUT2D eigenvalue weighted by molar-refractivity contribution is -0.142. The Balaban J connectivity index is 1.53. The zero-order valence-electron chi connectivity index (χ0n) is 21.5. The van der Waals surface area contributed by atoms with Crippen LogP contribution in [0, 0.1) is 5.92 Å². The fourth-order valence-corrected chi connectivity index (χ4v) is 4.81. The summed E-state index contributed by atoms with van der Waals surface area (Å²) in [4.78, 5) is 47.0. The number of carboxylic acid groups (broad SMARTS) is 1. The fraction of sp³-hybridized carbons (Fsp3) is 0.423. The van der Waals surface area contributed by atoms with Crippen molar-refractivity contribution in [3.63, 3.8) is 0 Å². The Morgan fingerprint density at radius 2 is 1.93 bits per heavy atom. The Bertz CT molecular complexity index is 1500. The van der Waals surface area contributed by atoms with Gasteiger partial charge in [0, 0.05) is 35.9 Å². The molecule has 1 aliphatic carbocycles. The Labute approximate surface area is 225 Å². The van der Waals surface area contributed by atoms with E-state index >= 15 is 0 Å². The summed E-state index contributed by atoms with van der Waals surface area (Å²) in [5.74, 6) is -2.31. The van der Waals surface area contributed by atoms with Crippen molar-refractivity contribution in [2.75, 3.05) is 13.7 Å². The number of pyridine rings is 1. The number of carbonyl (C=O) groups excluding carboxylic acids is 2. The van der Waals surface area contributed by atoms with Crippen LogP contribution >= 0.6 is 0 Å². The van der Waals surface area contributed by atoms with Gasteiger partial charge < -0.3 is 30.2 Å². The van der Waals surface area contributed by atoms with Gasteiger partial charge in [-0.05, 0) is 44.0 Å². The van der Waals surface area contributed by atoms with E-state index in [2.05, 4.69) is 15.3 Å². The molecule has 2 aromatic heterocycles. The third-order valence-electron chi connectivity index (χ3n) is 6.97. The highest BCUT2D eigenvalue weighted by atomic mass is 19.4. The van der Waals surface area contributed by atoms with Crippen molar-refractivity contribution in [2.45, 2.75) is 50.5 Å². The van der Waals surface area contributed by atoms with Crippen LogP contribution in [0.15, 0.2) is 28.7 Å². The predicted molar refractivity (Wildman–Crippen MR) is 133 cm³/mol. The molecule has 5 rings (SSSR count). The molecule has 1 aliphatic heterocycles. The highest BCUT2D eigenvalue weighted by Crippen LogP contribution is 2.38. The number of benzene rings is 1. The lowest BCUT2D eigenvalue weighted by Crippen LogP contribution is -2.42. The number of nitrogens with one attached hydrogen (secondary N) is 1. The number of nitrogens with two attached hydrogens (primary N) is 1. The summed E-state index contributed by atoms with van der Waals surface area (Å²) >= 11 is 0. The molecule has 1 aromatic carbocycles. The van der Waals surface area contributed by atoms with Gasteiger partial charge in [-0.15, -0.1) is 0 Å². The van der Waals surface area contributed by atoms with Crippen LogP contribution < -0.4 is 15.8 Å². The molecule has 0 spiro atoms. The lowest BCUT2D eigenvalue weighted by Gasteiger charge is -2.21. The molecule has 3 atom stereocenters. The second-order valence-corrected chi connectivity index (χ2v) is 9.95. The number of hydrogen-bond acceptors (Lipinski definition) is 8. The van der Waals surface area contributed by atoms with Gasteiger partial charge in [-0.3, -0.25) is 9.59 Å². The maximum Gasteiger partial charge on any atom is 0.433 e. The van der Waals surface area contributed by atoms with E-state index in [0.29, 0.717) is 0 Å². The van der Waals surface area contributed by atoms with E-state index in [1.807, 2.05) is 0 Å². The molecule has 11 nitrogen and oxygen atoms in total. The number of aliphatic carboxylic acids is 1. The van der Waals surface area contributed by atoms with Crippen molar-refractivity contribution in [1.82, 2.24) is 20.2 Å². The van der Waals surface area contributed by atoms with Crippen molar-refractivity contribution in [2.24, 2.45) is 11.7 Å². The third-order valence-corrected chi connectivity index (χ3v) is 6.97. The van der Waals surface area contributed by atoms with Crippen LogP contribution in [0.5, 0.6) is 5.75 Å². The third kappa shape index (κ3) is 5.06. The number of nitrogens with zero attached hydrogens (tertiary/aromatic N) is 3. The van der Waals surface area contributed by atoms with Crippen LogP contribution in [0.4, 0.5) is 13.2 Å². The van der Waals surface area contributed by atoms with Gasteiger partial charge in [0.05, 0.1) is 13.2 Å². The monoisotopic (exact) mass is 561 g/mol. The number of aromatic nitrogens is 2. The van der Waals surface area contributed by atoms with Gasteiger partial charge in [0.2, 0.25) is 11.8 Å². The number of fused-ring (bicyclic) bond motifs is 1. The number of halogens is 3. The standard InChI is InChI=1S/C26H26F3N5O6/c1-11(30)21-20(24(36)34-10-13(9-16(34)25(37)38)31-22(35)12-3-4-12)33-23(40-21)15-5-7-17(39-2)19-14(15)6-8-18(32-19)26(27,28)29/h5-8,11-13,16H,3-4,9-10,30H2,1-2H3,(H,31,35)(H,37,38). The number of likely N-dealkylation sites (tertiary alicyclic amines) is 1. The molecule has 14 heteroatoms. The van der Waals surface area contributed by atoms with E-state index in [1.54, 1.807) is 6.92 Å². The molecular formula is C26H26F3N5O6. The number of amides is 2. The van der Waals surface area contributed by atoms with Crippen molar-refractivity contribution in [3.05, 3.63) is 41.4 Å². The Hall–Kier alpha value is -4.20. The molecular weight excluding hydrogens is 535 g/mol. The van der Waals surface area contributed by atoms with Crippen LogP contribution in [0.1, 0.15) is 54.2 Å². The van der Waals surface area contributed by atoms with E-state index in [4.69, 9.17) is 14.9 Å². The quantitative estimate of drug-likeness (QED) is 0.394. The lowest BCUT2D eigenvalue weighted by atomic mass is 10.1. The number of methoxy groups -OCH3 is 1. The summed E-state index contributed by atoms with van der Waals surface area (Å²) in [5.41, 5.74) is 4.85. The van der Waals surface area contributed by atoms with Gasteiger partial charge in [0.25, 0.3) is 5.91 Å². The first-order valence-electron chi connectivity index (χ1n) is 12.5. The zero-order valence-corrected chi connectivity index (χ0v) is 21.5. The maximum atomic E-state index is 13.6. The molecule has 2 fully saturated rings. The summed E-state index contributed by atoms with van der Waals surface area (Å²) in [7, 11) is 1.29. The summed E-state index contributed by atoms with van der Waals surface area (Å²) < 4.78 is 51.0. The Morgan fingerprint density at radius 1 is 1.20 bits per heavy atom. The molecule has 3 heterocycles. The van der Waals surface area contributed by atoms with Crippen molar-refractivity contribution in [3.8, 4) is 17.2 Å². The first-order chi connectivity index (χ1) is 18.9. The van der Waals surface area contributed by atoms with E-state index in [-0.39, 0.29) is 64.4 Å². The van der Waals surface area contributed by atoms with Gasteiger partial charge in [-0.25, -0.2) is 14.8 Å². The van der Waals surface area contributed by atoms with E-state index in [9.17, 15) is 32.7 Å². The molecule has 0 bridgehead atoms. The zero-order chi connectivity index (χ0) is 28.9. The summed E-state index contributed by atoms with van der Waals surface area (Å²) in [5, 5.41) is 12.8. The van der Waals surface area contributed by atoms with Crippen LogP contribution in [0.25, 0.3) is 22.4 Å². The smallest absolute Gasteiger partial charge is 0.433 e. The molecule has 4 N–H and O–H groups in total. The number of hydrogen-bond donors (Lipinski definition) is 3. The van der Waals surface area contributed by atoms with Crippen molar-refractivity contribution < 1.29 is 41.8 Å². The highest BCUT2D eigenvalue weighted by molar-refractivity contribution is 5.99. The first-order valence-corrected chi connectivity index (χ1v) is 12.5. The van der Waals surface area contributed by atoms with Gasteiger partial charge in [-0.1, -0.05) is 0 Å². The van der Waals surface area contributed by atoms with Crippen LogP contribution in [-0.4, -0.2) is 63.5 Å². The molecule has 1 saturated carbocycles. The summed E-state index contributed by atoms with van der Waals surface area (Å²) in [6, 6.07) is 2.30. The average Bonchev–Trinajstić information content (AvgIpc) is 3.52.